The number of aromatic nitrogens is 2. The number of aromatic carboxylic acids is 1. The van der Waals surface area contributed by atoms with Crippen LogP contribution in [0.1, 0.15) is 21.6 Å². The first kappa shape index (κ1) is 12.2. The molecule has 0 saturated heterocycles. The Hall–Kier alpha value is -2.24. The number of carboxylic acid groups (broad SMARTS) is 1. The van der Waals surface area contributed by atoms with E-state index < -0.39 is 17.6 Å². The van der Waals surface area contributed by atoms with E-state index in [1.807, 2.05) is 0 Å². The second kappa shape index (κ2) is 4.56. The molecule has 6 heteroatoms. The van der Waals surface area contributed by atoms with Crippen LogP contribution in [0.4, 0.5) is 8.78 Å². The van der Waals surface area contributed by atoms with Crippen molar-refractivity contribution in [3.63, 3.8) is 0 Å². The van der Waals surface area contributed by atoms with E-state index in [1.165, 1.54) is 16.9 Å². The number of rotatable bonds is 3. The minimum atomic E-state index is -1.08. The number of hydrogen-bond donors (Lipinski definition) is 1. The van der Waals surface area contributed by atoms with Crippen molar-refractivity contribution in [3.05, 3.63) is 52.9 Å². The summed E-state index contributed by atoms with van der Waals surface area (Å²) >= 11 is 0. The lowest BCUT2D eigenvalue weighted by atomic mass is 10.2. The van der Waals surface area contributed by atoms with Crippen LogP contribution in [-0.2, 0) is 6.54 Å². The van der Waals surface area contributed by atoms with E-state index in [0.29, 0.717) is 5.69 Å². The van der Waals surface area contributed by atoms with Crippen LogP contribution in [0.5, 0.6) is 0 Å². The lowest BCUT2D eigenvalue weighted by Crippen LogP contribution is -2.07. The fourth-order valence-corrected chi connectivity index (χ4v) is 1.63. The summed E-state index contributed by atoms with van der Waals surface area (Å²) < 4.78 is 27.5. The highest BCUT2D eigenvalue weighted by Gasteiger charge is 2.14. The van der Waals surface area contributed by atoms with Crippen LogP contribution < -0.4 is 0 Å². The van der Waals surface area contributed by atoms with Gasteiger partial charge in [-0.15, -0.1) is 0 Å². The molecule has 0 atom stereocenters. The van der Waals surface area contributed by atoms with Crippen molar-refractivity contribution in [2.24, 2.45) is 0 Å². The molecule has 0 unspecified atom stereocenters. The summed E-state index contributed by atoms with van der Waals surface area (Å²) in [6.45, 7) is 1.64. The molecule has 1 heterocycles. The summed E-state index contributed by atoms with van der Waals surface area (Å²) in [6.07, 6.45) is 1.21. The summed E-state index contributed by atoms with van der Waals surface area (Å²) in [5, 5.41) is 12.7. The highest BCUT2D eigenvalue weighted by atomic mass is 19.1. The van der Waals surface area contributed by atoms with Gasteiger partial charge in [0.2, 0.25) is 0 Å². The van der Waals surface area contributed by atoms with Gasteiger partial charge in [0.25, 0.3) is 0 Å². The summed E-state index contributed by atoms with van der Waals surface area (Å²) in [4.78, 5) is 10.8. The molecule has 2 aromatic rings. The van der Waals surface area contributed by atoms with Crippen molar-refractivity contribution in [3.8, 4) is 0 Å². The largest absolute Gasteiger partial charge is 0.478 e. The predicted molar refractivity (Wildman–Crippen MR) is 59.4 cm³/mol. The minimum Gasteiger partial charge on any atom is -0.478 e. The molecule has 0 bridgehead atoms. The van der Waals surface area contributed by atoms with Crippen molar-refractivity contribution in [1.82, 2.24) is 9.78 Å². The number of hydrogen-bond acceptors (Lipinski definition) is 2. The van der Waals surface area contributed by atoms with Crippen molar-refractivity contribution in [1.29, 1.82) is 0 Å². The lowest BCUT2D eigenvalue weighted by Gasteiger charge is -2.06. The average Bonchev–Trinajstić information content (AvgIpc) is 2.64. The third-order valence-electron chi connectivity index (χ3n) is 2.67. The molecule has 0 saturated carbocycles. The molecule has 1 aromatic heterocycles. The third-order valence-corrected chi connectivity index (χ3v) is 2.67. The van der Waals surface area contributed by atoms with E-state index in [9.17, 15) is 13.6 Å². The summed E-state index contributed by atoms with van der Waals surface area (Å²) in [6, 6.07) is 3.24. The Kier molecular flexibility index (Phi) is 3.10. The zero-order chi connectivity index (χ0) is 13.3. The number of carboxylic acids is 1. The molecule has 0 radical (unpaired) electrons. The summed E-state index contributed by atoms with van der Waals surface area (Å²) in [5.74, 6) is -2.42. The Bertz CT molecular complexity index is 608. The Labute approximate surface area is 101 Å². The maximum Gasteiger partial charge on any atom is 0.339 e. The Morgan fingerprint density at radius 3 is 2.72 bits per heavy atom. The van der Waals surface area contributed by atoms with E-state index in [2.05, 4.69) is 5.10 Å². The molecule has 0 fully saturated rings. The van der Waals surface area contributed by atoms with Gasteiger partial charge in [-0.2, -0.15) is 5.10 Å². The first-order chi connectivity index (χ1) is 8.49. The van der Waals surface area contributed by atoms with Gasteiger partial charge in [-0.3, -0.25) is 4.68 Å². The fourth-order valence-electron chi connectivity index (χ4n) is 1.63. The molecule has 4 nitrogen and oxygen atoms in total. The molecular formula is C12H10F2N2O2. The molecule has 0 aliphatic rings. The standard InChI is InChI=1S/C12H10F2N2O2/c1-7-10(12(17)18)5-15-16(7)6-8-2-3-9(13)4-11(8)14/h2-5H,6H2,1H3,(H,17,18). The Morgan fingerprint density at radius 1 is 1.44 bits per heavy atom. The van der Waals surface area contributed by atoms with E-state index in [1.54, 1.807) is 6.92 Å². The van der Waals surface area contributed by atoms with E-state index in [4.69, 9.17) is 5.11 Å². The van der Waals surface area contributed by atoms with Crippen LogP contribution in [0.15, 0.2) is 24.4 Å². The molecular weight excluding hydrogens is 242 g/mol. The molecule has 0 aliphatic carbocycles. The zero-order valence-electron chi connectivity index (χ0n) is 9.52. The second-order valence-corrected chi connectivity index (χ2v) is 3.84. The van der Waals surface area contributed by atoms with Gasteiger partial charge in [0.05, 0.1) is 18.4 Å². The van der Waals surface area contributed by atoms with Crippen molar-refractivity contribution in [2.45, 2.75) is 13.5 Å². The maximum absolute atomic E-state index is 13.4. The van der Waals surface area contributed by atoms with Gasteiger partial charge in [-0.1, -0.05) is 6.07 Å². The van der Waals surface area contributed by atoms with Crippen molar-refractivity contribution < 1.29 is 18.7 Å². The summed E-state index contributed by atoms with van der Waals surface area (Å²) in [7, 11) is 0. The molecule has 1 N–H and O–H groups in total. The molecule has 0 aliphatic heterocycles. The first-order valence-electron chi connectivity index (χ1n) is 5.18. The van der Waals surface area contributed by atoms with Gasteiger partial charge < -0.3 is 5.11 Å². The highest BCUT2D eigenvalue weighted by molar-refractivity contribution is 5.88. The van der Waals surface area contributed by atoms with Gasteiger partial charge in [0, 0.05) is 11.6 Å². The molecule has 94 valence electrons. The summed E-state index contributed by atoms with van der Waals surface area (Å²) in [5.41, 5.74) is 0.739. The van der Waals surface area contributed by atoms with Gasteiger partial charge in [0.15, 0.2) is 0 Å². The smallest absolute Gasteiger partial charge is 0.339 e. The number of benzene rings is 1. The predicted octanol–water partition coefficient (Wildman–Crippen LogP) is 2.22. The SMILES string of the molecule is Cc1c(C(=O)O)cnn1Cc1ccc(F)cc1F. The van der Waals surface area contributed by atoms with Gasteiger partial charge in [0.1, 0.15) is 17.2 Å². The quantitative estimate of drug-likeness (QED) is 0.911. The average molecular weight is 252 g/mol. The molecule has 0 amide bonds. The third kappa shape index (κ3) is 2.22. The van der Waals surface area contributed by atoms with Crippen LogP contribution in [0, 0.1) is 18.6 Å². The second-order valence-electron chi connectivity index (χ2n) is 3.84. The van der Waals surface area contributed by atoms with Crippen LogP contribution >= 0.6 is 0 Å². The van der Waals surface area contributed by atoms with E-state index in [0.717, 1.165) is 12.1 Å². The normalized spacial score (nSPS) is 10.6. The van der Waals surface area contributed by atoms with Crippen LogP contribution in [0.2, 0.25) is 0 Å². The first-order valence-corrected chi connectivity index (χ1v) is 5.18. The molecule has 18 heavy (non-hydrogen) atoms. The highest BCUT2D eigenvalue weighted by Crippen LogP contribution is 2.14. The zero-order valence-corrected chi connectivity index (χ0v) is 9.52. The maximum atomic E-state index is 13.4. The monoisotopic (exact) mass is 252 g/mol. The van der Waals surface area contributed by atoms with Crippen LogP contribution in [-0.4, -0.2) is 20.9 Å². The Morgan fingerprint density at radius 2 is 2.17 bits per heavy atom. The van der Waals surface area contributed by atoms with Gasteiger partial charge in [-0.25, -0.2) is 13.6 Å². The van der Waals surface area contributed by atoms with Crippen LogP contribution in [0.25, 0.3) is 0 Å². The molecule has 1 aromatic carbocycles. The van der Waals surface area contributed by atoms with Gasteiger partial charge >= 0.3 is 5.97 Å². The van der Waals surface area contributed by atoms with Crippen molar-refractivity contribution >= 4 is 5.97 Å². The minimum absolute atomic E-state index is 0.0607. The van der Waals surface area contributed by atoms with Crippen molar-refractivity contribution in [2.75, 3.05) is 0 Å². The molecule has 2 rings (SSSR count). The number of halogens is 2. The molecule has 0 spiro atoms. The topological polar surface area (TPSA) is 55.1 Å². The number of nitrogens with zero attached hydrogens (tertiary/aromatic N) is 2. The fraction of sp³-hybridized carbons (Fsp3) is 0.167. The number of carbonyl (C=O) groups is 1. The van der Waals surface area contributed by atoms with E-state index >= 15 is 0 Å². The van der Waals surface area contributed by atoms with Gasteiger partial charge in [-0.05, 0) is 13.0 Å². The lowest BCUT2D eigenvalue weighted by molar-refractivity contribution is 0.0696. The Balaban J connectivity index is 2.32. The van der Waals surface area contributed by atoms with E-state index in [-0.39, 0.29) is 17.7 Å². The van der Waals surface area contributed by atoms with Crippen LogP contribution in [0.3, 0.4) is 0 Å².